The first-order valence-corrected chi connectivity index (χ1v) is 3.13. The molecule has 0 fully saturated rings. The van der Waals surface area contributed by atoms with E-state index in [-0.39, 0.29) is 6.54 Å². The Hall–Kier alpha value is -1.20. The van der Waals surface area contributed by atoms with Crippen LogP contribution in [0.2, 0.25) is 0 Å². The first kappa shape index (κ1) is 10.8. The van der Waals surface area contributed by atoms with Gasteiger partial charge in [-0.2, -0.15) is 18.4 Å². The standard InChI is InChI=1S/C7H7F3N2/c1-2-3-12-5-6(4-11)7(8,9)10/h1,6,12H,3,5H2. The molecule has 0 saturated carbocycles. The molecule has 0 heterocycles. The quantitative estimate of drug-likeness (QED) is 0.512. The van der Waals surface area contributed by atoms with E-state index in [1.807, 2.05) is 0 Å². The lowest BCUT2D eigenvalue weighted by Gasteiger charge is -2.12. The molecule has 1 atom stereocenters. The van der Waals surface area contributed by atoms with Crippen molar-refractivity contribution in [3.63, 3.8) is 0 Å². The van der Waals surface area contributed by atoms with Crippen molar-refractivity contribution >= 4 is 0 Å². The van der Waals surface area contributed by atoms with E-state index in [9.17, 15) is 13.2 Å². The Labute approximate surface area is 68.4 Å². The minimum absolute atomic E-state index is 0.0360. The first-order valence-electron chi connectivity index (χ1n) is 3.13. The third-order valence-corrected chi connectivity index (χ3v) is 1.13. The van der Waals surface area contributed by atoms with E-state index in [1.165, 1.54) is 0 Å². The minimum atomic E-state index is -4.48. The molecule has 0 amide bonds. The molecule has 0 aliphatic rings. The second kappa shape index (κ2) is 4.63. The average Bonchev–Trinajstić information content (AvgIpc) is 1.95. The van der Waals surface area contributed by atoms with Gasteiger partial charge in [0.15, 0.2) is 5.92 Å². The number of hydrogen-bond donors (Lipinski definition) is 1. The van der Waals surface area contributed by atoms with E-state index in [0.29, 0.717) is 0 Å². The van der Waals surface area contributed by atoms with Crippen molar-refractivity contribution in [2.45, 2.75) is 6.18 Å². The van der Waals surface area contributed by atoms with Crippen molar-refractivity contribution in [3.8, 4) is 18.4 Å². The van der Waals surface area contributed by atoms with Crippen molar-refractivity contribution < 1.29 is 13.2 Å². The topological polar surface area (TPSA) is 35.8 Å². The number of rotatable bonds is 3. The van der Waals surface area contributed by atoms with Crippen LogP contribution in [-0.2, 0) is 0 Å². The summed E-state index contributed by atoms with van der Waals surface area (Å²) in [6.45, 7) is -0.418. The highest BCUT2D eigenvalue weighted by atomic mass is 19.4. The zero-order valence-electron chi connectivity index (χ0n) is 6.15. The predicted molar refractivity (Wildman–Crippen MR) is 36.9 cm³/mol. The van der Waals surface area contributed by atoms with Crippen LogP contribution in [0.3, 0.4) is 0 Å². The fraction of sp³-hybridized carbons (Fsp3) is 0.571. The van der Waals surface area contributed by atoms with Crippen LogP contribution in [0.4, 0.5) is 13.2 Å². The molecule has 0 aromatic rings. The minimum Gasteiger partial charge on any atom is -0.305 e. The van der Waals surface area contributed by atoms with E-state index < -0.39 is 18.6 Å². The summed E-state index contributed by atoms with van der Waals surface area (Å²) < 4.78 is 35.5. The molecule has 1 N–H and O–H groups in total. The molecular weight excluding hydrogens is 169 g/mol. The van der Waals surface area contributed by atoms with Crippen molar-refractivity contribution in [2.24, 2.45) is 5.92 Å². The van der Waals surface area contributed by atoms with Crippen LogP contribution < -0.4 is 5.32 Å². The number of nitrogens with one attached hydrogen (secondary N) is 1. The molecule has 0 aromatic heterocycles. The summed E-state index contributed by atoms with van der Waals surface area (Å²) in [5, 5.41) is 10.4. The van der Waals surface area contributed by atoms with Gasteiger partial charge in [-0.1, -0.05) is 5.92 Å². The lowest BCUT2D eigenvalue weighted by atomic mass is 10.1. The molecule has 12 heavy (non-hydrogen) atoms. The number of terminal acetylenes is 1. The van der Waals surface area contributed by atoms with Crippen LogP contribution >= 0.6 is 0 Å². The van der Waals surface area contributed by atoms with Gasteiger partial charge in [0.1, 0.15) is 0 Å². The van der Waals surface area contributed by atoms with Crippen molar-refractivity contribution in [2.75, 3.05) is 13.1 Å². The van der Waals surface area contributed by atoms with Crippen LogP contribution in [0.15, 0.2) is 0 Å². The molecule has 0 aliphatic carbocycles. The highest BCUT2D eigenvalue weighted by Gasteiger charge is 2.39. The summed E-state index contributed by atoms with van der Waals surface area (Å²) >= 11 is 0. The lowest BCUT2D eigenvalue weighted by molar-refractivity contribution is -0.157. The molecule has 0 saturated heterocycles. The summed E-state index contributed by atoms with van der Waals surface area (Å²) in [4.78, 5) is 0. The van der Waals surface area contributed by atoms with Gasteiger partial charge in [0.05, 0.1) is 12.6 Å². The normalized spacial score (nSPS) is 13.1. The van der Waals surface area contributed by atoms with Crippen molar-refractivity contribution in [3.05, 3.63) is 0 Å². The highest BCUT2D eigenvalue weighted by molar-refractivity contribution is 4.92. The van der Waals surface area contributed by atoms with E-state index >= 15 is 0 Å². The zero-order chi connectivity index (χ0) is 9.61. The molecule has 0 aliphatic heterocycles. The monoisotopic (exact) mass is 176 g/mol. The van der Waals surface area contributed by atoms with E-state index in [1.54, 1.807) is 0 Å². The third kappa shape index (κ3) is 3.85. The number of nitriles is 1. The Morgan fingerprint density at radius 1 is 1.50 bits per heavy atom. The zero-order valence-corrected chi connectivity index (χ0v) is 6.15. The molecule has 5 heteroatoms. The molecule has 1 unspecified atom stereocenters. The van der Waals surface area contributed by atoms with Gasteiger partial charge < -0.3 is 5.32 Å². The third-order valence-electron chi connectivity index (χ3n) is 1.13. The Balaban J connectivity index is 3.89. The number of alkyl halides is 3. The Morgan fingerprint density at radius 2 is 2.08 bits per heavy atom. The molecular formula is C7H7F3N2. The molecule has 0 bridgehead atoms. The largest absolute Gasteiger partial charge is 0.405 e. The SMILES string of the molecule is C#CCNCC(C#N)C(F)(F)F. The molecule has 0 aromatic carbocycles. The smallest absolute Gasteiger partial charge is 0.305 e. The fourth-order valence-electron chi connectivity index (χ4n) is 0.523. The Bertz CT molecular complexity index is 208. The highest BCUT2D eigenvalue weighted by Crippen LogP contribution is 2.24. The van der Waals surface area contributed by atoms with E-state index in [2.05, 4.69) is 11.2 Å². The van der Waals surface area contributed by atoms with Gasteiger partial charge in [-0.15, -0.1) is 6.42 Å². The summed E-state index contributed by atoms with van der Waals surface area (Å²) in [6.07, 6.45) is 0.313. The maximum absolute atomic E-state index is 11.8. The molecule has 0 radical (unpaired) electrons. The second-order valence-electron chi connectivity index (χ2n) is 2.06. The Kier molecular flexibility index (Phi) is 4.17. The molecule has 0 spiro atoms. The van der Waals surface area contributed by atoms with Gasteiger partial charge in [-0.3, -0.25) is 0 Å². The summed E-state index contributed by atoms with van der Waals surface area (Å²) in [7, 11) is 0. The summed E-state index contributed by atoms with van der Waals surface area (Å²) in [5.41, 5.74) is 0. The lowest BCUT2D eigenvalue weighted by Crippen LogP contribution is -2.32. The second-order valence-corrected chi connectivity index (χ2v) is 2.06. The summed E-state index contributed by atoms with van der Waals surface area (Å²) in [6, 6.07) is 1.14. The molecule has 0 rings (SSSR count). The predicted octanol–water partition coefficient (Wildman–Crippen LogP) is 0.911. The van der Waals surface area contributed by atoms with E-state index in [4.69, 9.17) is 11.7 Å². The van der Waals surface area contributed by atoms with Gasteiger partial charge in [0.2, 0.25) is 0 Å². The van der Waals surface area contributed by atoms with Crippen LogP contribution in [0.25, 0.3) is 0 Å². The van der Waals surface area contributed by atoms with Gasteiger partial charge in [0.25, 0.3) is 0 Å². The van der Waals surface area contributed by atoms with Gasteiger partial charge >= 0.3 is 6.18 Å². The van der Waals surface area contributed by atoms with Crippen LogP contribution in [-0.4, -0.2) is 19.3 Å². The van der Waals surface area contributed by atoms with E-state index in [0.717, 1.165) is 6.07 Å². The maximum atomic E-state index is 11.8. The van der Waals surface area contributed by atoms with Gasteiger partial charge in [0, 0.05) is 6.54 Å². The number of halogens is 3. The van der Waals surface area contributed by atoms with Crippen molar-refractivity contribution in [1.29, 1.82) is 5.26 Å². The number of hydrogen-bond acceptors (Lipinski definition) is 2. The van der Waals surface area contributed by atoms with Gasteiger partial charge in [-0.05, 0) is 0 Å². The average molecular weight is 176 g/mol. The van der Waals surface area contributed by atoms with Crippen molar-refractivity contribution in [1.82, 2.24) is 5.32 Å². The van der Waals surface area contributed by atoms with Crippen LogP contribution in [0.5, 0.6) is 0 Å². The maximum Gasteiger partial charge on any atom is 0.405 e. The molecule has 66 valence electrons. The Morgan fingerprint density at radius 3 is 2.42 bits per heavy atom. The van der Waals surface area contributed by atoms with Gasteiger partial charge in [-0.25, -0.2) is 0 Å². The fourth-order valence-corrected chi connectivity index (χ4v) is 0.523. The first-order chi connectivity index (χ1) is 5.52. The number of nitrogens with zero attached hydrogens (tertiary/aromatic N) is 1. The van der Waals surface area contributed by atoms with Crippen LogP contribution in [0.1, 0.15) is 0 Å². The molecule has 2 nitrogen and oxygen atoms in total. The van der Waals surface area contributed by atoms with Crippen LogP contribution in [0, 0.1) is 29.6 Å². The summed E-state index contributed by atoms with van der Waals surface area (Å²) in [5.74, 6) is 0.130.